The molecular formula is C21H23N3O4S. The number of para-hydroxylation sites is 1. The number of benzene rings is 2. The van der Waals surface area contributed by atoms with Crippen molar-refractivity contribution in [1.82, 2.24) is 10.2 Å². The summed E-state index contributed by atoms with van der Waals surface area (Å²) in [6.45, 7) is 2.48. The Morgan fingerprint density at radius 2 is 1.69 bits per heavy atom. The molecule has 0 atom stereocenters. The first-order valence-corrected chi connectivity index (χ1v) is 10.0. The first-order valence-electron chi connectivity index (χ1n) is 9.19. The van der Waals surface area contributed by atoms with Crippen LogP contribution in [-0.4, -0.2) is 43.5 Å². The van der Waals surface area contributed by atoms with Gasteiger partial charge in [0.1, 0.15) is 22.3 Å². The molecule has 0 aliphatic carbocycles. The van der Waals surface area contributed by atoms with Gasteiger partial charge in [0.15, 0.2) is 6.61 Å². The number of carbonyl (C=O) groups excluding carboxylic acids is 1. The zero-order chi connectivity index (χ0) is 20.6. The van der Waals surface area contributed by atoms with Gasteiger partial charge < -0.3 is 14.2 Å². The van der Waals surface area contributed by atoms with Gasteiger partial charge in [-0.2, -0.15) is 0 Å². The van der Waals surface area contributed by atoms with Crippen molar-refractivity contribution in [3.05, 3.63) is 48.5 Å². The van der Waals surface area contributed by atoms with Gasteiger partial charge in [-0.1, -0.05) is 36.5 Å². The van der Waals surface area contributed by atoms with Crippen molar-refractivity contribution < 1.29 is 19.0 Å². The summed E-state index contributed by atoms with van der Waals surface area (Å²) in [4.78, 5) is 14.4. The Morgan fingerprint density at radius 3 is 2.31 bits per heavy atom. The van der Waals surface area contributed by atoms with E-state index in [-0.39, 0.29) is 12.5 Å². The van der Waals surface area contributed by atoms with Gasteiger partial charge in [0.2, 0.25) is 5.13 Å². The highest BCUT2D eigenvalue weighted by molar-refractivity contribution is 7.18. The van der Waals surface area contributed by atoms with Gasteiger partial charge in [-0.25, -0.2) is 0 Å². The Bertz CT molecular complexity index is 924. The molecule has 3 aromatic rings. The molecule has 3 rings (SSSR count). The second-order valence-corrected chi connectivity index (χ2v) is 7.09. The number of amides is 1. The molecule has 152 valence electrons. The van der Waals surface area contributed by atoms with Crippen molar-refractivity contribution in [1.29, 1.82) is 0 Å². The molecule has 1 aromatic heterocycles. The third-order valence-corrected chi connectivity index (χ3v) is 5.09. The van der Waals surface area contributed by atoms with Crippen LogP contribution in [0.15, 0.2) is 48.5 Å². The Balaban J connectivity index is 1.79. The van der Waals surface area contributed by atoms with Gasteiger partial charge in [-0.05, 0) is 30.7 Å². The highest BCUT2D eigenvalue weighted by atomic mass is 32.1. The van der Waals surface area contributed by atoms with Crippen LogP contribution in [0.5, 0.6) is 17.2 Å². The summed E-state index contributed by atoms with van der Waals surface area (Å²) in [5.74, 6) is 1.81. The summed E-state index contributed by atoms with van der Waals surface area (Å²) in [7, 11) is 3.19. The fraction of sp³-hybridized carbons (Fsp3) is 0.286. The molecule has 1 amide bonds. The lowest BCUT2D eigenvalue weighted by atomic mass is 10.2. The van der Waals surface area contributed by atoms with E-state index in [9.17, 15) is 4.79 Å². The first-order chi connectivity index (χ1) is 14.1. The van der Waals surface area contributed by atoms with Crippen molar-refractivity contribution >= 4 is 22.4 Å². The SMILES string of the molecule is CCCN(C(=O)COc1ccccc1)c1nnc(-c2cc(OC)cc(OC)c2)s1. The molecular weight excluding hydrogens is 390 g/mol. The fourth-order valence-corrected chi connectivity index (χ4v) is 3.54. The number of aromatic nitrogens is 2. The van der Waals surface area contributed by atoms with Crippen LogP contribution in [0.3, 0.4) is 0 Å². The largest absolute Gasteiger partial charge is 0.497 e. The van der Waals surface area contributed by atoms with Gasteiger partial charge in [0.25, 0.3) is 5.91 Å². The van der Waals surface area contributed by atoms with E-state index < -0.39 is 0 Å². The number of rotatable bonds is 9. The number of carbonyl (C=O) groups is 1. The van der Waals surface area contributed by atoms with Crippen molar-refractivity contribution in [3.8, 4) is 27.8 Å². The van der Waals surface area contributed by atoms with Crippen LogP contribution in [0.2, 0.25) is 0 Å². The van der Waals surface area contributed by atoms with E-state index in [2.05, 4.69) is 10.2 Å². The third kappa shape index (κ3) is 5.23. The molecule has 7 nitrogen and oxygen atoms in total. The summed E-state index contributed by atoms with van der Waals surface area (Å²) < 4.78 is 16.2. The maximum Gasteiger partial charge on any atom is 0.266 e. The molecule has 0 radical (unpaired) electrons. The minimum absolute atomic E-state index is 0.0636. The summed E-state index contributed by atoms with van der Waals surface area (Å²) in [6, 6.07) is 14.8. The van der Waals surface area contributed by atoms with Crippen molar-refractivity contribution in [3.63, 3.8) is 0 Å². The molecule has 29 heavy (non-hydrogen) atoms. The highest BCUT2D eigenvalue weighted by Gasteiger charge is 2.21. The standard InChI is InChI=1S/C21H23N3O4S/c1-4-10-24(19(25)14-28-16-8-6-5-7-9-16)21-23-22-20(29-21)15-11-17(26-2)13-18(12-15)27-3/h5-9,11-13H,4,10,14H2,1-3H3. The lowest BCUT2D eigenvalue weighted by Gasteiger charge is -2.18. The Morgan fingerprint density at radius 1 is 1.00 bits per heavy atom. The molecule has 8 heteroatoms. The smallest absolute Gasteiger partial charge is 0.266 e. The lowest BCUT2D eigenvalue weighted by molar-refractivity contribution is -0.120. The topological polar surface area (TPSA) is 73.8 Å². The van der Waals surface area contributed by atoms with Crippen molar-refractivity contribution in [2.75, 3.05) is 32.3 Å². The molecule has 0 unspecified atom stereocenters. The summed E-state index contributed by atoms with van der Waals surface area (Å²) in [5, 5.41) is 9.71. The monoisotopic (exact) mass is 413 g/mol. The van der Waals surface area contributed by atoms with E-state index in [1.165, 1.54) is 11.3 Å². The quantitative estimate of drug-likeness (QED) is 0.527. The molecule has 0 spiro atoms. The van der Waals surface area contributed by atoms with Gasteiger partial charge in [-0.15, -0.1) is 10.2 Å². The average molecular weight is 413 g/mol. The zero-order valence-corrected chi connectivity index (χ0v) is 17.4. The van der Waals surface area contributed by atoms with Crippen LogP contribution in [0.1, 0.15) is 13.3 Å². The van der Waals surface area contributed by atoms with Gasteiger partial charge >= 0.3 is 0 Å². The number of ether oxygens (including phenoxy) is 3. The van der Waals surface area contributed by atoms with Crippen molar-refractivity contribution in [2.24, 2.45) is 0 Å². The van der Waals surface area contributed by atoms with Crippen LogP contribution in [0.25, 0.3) is 10.6 Å². The first kappa shape index (κ1) is 20.6. The molecule has 0 aliphatic heterocycles. The van der Waals surface area contributed by atoms with Crippen LogP contribution in [0.4, 0.5) is 5.13 Å². The number of hydrogen-bond donors (Lipinski definition) is 0. The maximum absolute atomic E-state index is 12.8. The Labute approximate surface area is 173 Å². The lowest BCUT2D eigenvalue weighted by Crippen LogP contribution is -2.35. The zero-order valence-electron chi connectivity index (χ0n) is 16.6. The van der Waals surface area contributed by atoms with E-state index in [0.717, 1.165) is 12.0 Å². The fourth-order valence-electron chi connectivity index (χ4n) is 2.66. The minimum atomic E-state index is -0.165. The Kier molecular flexibility index (Phi) is 7.02. The van der Waals surface area contributed by atoms with E-state index in [4.69, 9.17) is 14.2 Å². The predicted octanol–water partition coefficient (Wildman–Crippen LogP) is 4.04. The molecule has 0 saturated heterocycles. The molecule has 0 fully saturated rings. The predicted molar refractivity (Wildman–Crippen MR) is 113 cm³/mol. The van der Waals surface area contributed by atoms with E-state index >= 15 is 0 Å². The summed E-state index contributed by atoms with van der Waals surface area (Å²) >= 11 is 1.34. The molecule has 0 aliphatic rings. The summed E-state index contributed by atoms with van der Waals surface area (Å²) in [5.41, 5.74) is 0.814. The number of hydrogen-bond acceptors (Lipinski definition) is 7. The van der Waals surface area contributed by atoms with Crippen molar-refractivity contribution in [2.45, 2.75) is 13.3 Å². The van der Waals surface area contributed by atoms with E-state index in [1.54, 1.807) is 25.2 Å². The van der Waals surface area contributed by atoms with Gasteiger partial charge in [0.05, 0.1) is 14.2 Å². The Hall–Kier alpha value is -3.13. The second kappa shape index (κ2) is 9.88. The molecule has 0 N–H and O–H groups in total. The van der Waals surface area contributed by atoms with E-state index in [1.807, 2.05) is 49.4 Å². The molecule has 0 bridgehead atoms. The number of anilines is 1. The number of nitrogens with zero attached hydrogens (tertiary/aromatic N) is 3. The van der Waals surface area contributed by atoms with Crippen LogP contribution in [-0.2, 0) is 4.79 Å². The van der Waals surface area contributed by atoms with Gasteiger partial charge in [-0.3, -0.25) is 9.69 Å². The molecule has 2 aromatic carbocycles. The maximum atomic E-state index is 12.8. The van der Waals surface area contributed by atoms with Crippen LogP contribution < -0.4 is 19.1 Å². The number of methoxy groups -OCH3 is 2. The van der Waals surface area contributed by atoms with Crippen LogP contribution in [0, 0.1) is 0 Å². The third-order valence-electron chi connectivity index (χ3n) is 4.10. The second-order valence-electron chi connectivity index (χ2n) is 6.14. The normalized spacial score (nSPS) is 10.4. The van der Waals surface area contributed by atoms with E-state index in [0.29, 0.717) is 33.9 Å². The highest BCUT2D eigenvalue weighted by Crippen LogP contribution is 2.34. The van der Waals surface area contributed by atoms with Gasteiger partial charge in [0, 0.05) is 18.2 Å². The molecule has 0 saturated carbocycles. The van der Waals surface area contributed by atoms with Crippen LogP contribution >= 0.6 is 11.3 Å². The summed E-state index contributed by atoms with van der Waals surface area (Å²) in [6.07, 6.45) is 0.791. The average Bonchev–Trinajstić information content (AvgIpc) is 3.26. The minimum Gasteiger partial charge on any atom is -0.497 e. The molecule has 1 heterocycles.